The molecule has 90 valence electrons. The molecule has 17 heavy (non-hydrogen) atoms. The number of nitrogen functional groups attached to an aromatic ring is 1. The number of hydrogen-bond donors (Lipinski definition) is 2. The SMILES string of the molecule is Nc1[nH]ncc1-c1c(Cl)cccc1C(F)(F)F. The quantitative estimate of drug-likeness (QED) is 0.827. The summed E-state index contributed by atoms with van der Waals surface area (Å²) < 4.78 is 38.5. The number of nitrogens with one attached hydrogen (secondary N) is 1. The number of hydrogen-bond acceptors (Lipinski definition) is 2. The second kappa shape index (κ2) is 3.96. The van der Waals surface area contributed by atoms with Crippen molar-refractivity contribution in [1.29, 1.82) is 0 Å². The van der Waals surface area contributed by atoms with Crippen LogP contribution in [0.15, 0.2) is 24.4 Å². The van der Waals surface area contributed by atoms with Gasteiger partial charge in [-0.15, -0.1) is 0 Å². The largest absolute Gasteiger partial charge is 0.417 e. The minimum Gasteiger partial charge on any atom is -0.384 e. The number of alkyl halides is 3. The van der Waals surface area contributed by atoms with E-state index in [9.17, 15) is 13.2 Å². The second-order valence-corrected chi connectivity index (χ2v) is 3.76. The molecule has 0 radical (unpaired) electrons. The molecule has 0 amide bonds. The summed E-state index contributed by atoms with van der Waals surface area (Å²) in [4.78, 5) is 0. The highest BCUT2D eigenvalue weighted by atomic mass is 35.5. The van der Waals surface area contributed by atoms with E-state index in [0.717, 1.165) is 6.07 Å². The van der Waals surface area contributed by atoms with Gasteiger partial charge in [0.15, 0.2) is 0 Å². The van der Waals surface area contributed by atoms with Crippen LogP contribution in [0.25, 0.3) is 11.1 Å². The Morgan fingerprint density at radius 3 is 2.53 bits per heavy atom. The average molecular weight is 262 g/mol. The van der Waals surface area contributed by atoms with Crippen LogP contribution in [0.3, 0.4) is 0 Å². The molecule has 0 aliphatic carbocycles. The lowest BCUT2D eigenvalue weighted by atomic mass is 10.0. The third-order valence-corrected chi connectivity index (χ3v) is 2.57. The minimum atomic E-state index is -4.50. The minimum absolute atomic E-state index is 0.0204. The van der Waals surface area contributed by atoms with Gasteiger partial charge in [-0.1, -0.05) is 17.7 Å². The Bertz CT molecular complexity index is 548. The molecule has 0 saturated heterocycles. The maximum absolute atomic E-state index is 12.8. The van der Waals surface area contributed by atoms with Crippen molar-refractivity contribution in [1.82, 2.24) is 10.2 Å². The molecule has 3 N–H and O–H groups in total. The summed E-state index contributed by atoms with van der Waals surface area (Å²) in [5.41, 5.74) is 4.66. The summed E-state index contributed by atoms with van der Waals surface area (Å²) in [6.07, 6.45) is -3.28. The highest BCUT2D eigenvalue weighted by Crippen LogP contribution is 2.41. The maximum Gasteiger partial charge on any atom is 0.417 e. The van der Waals surface area contributed by atoms with Crippen LogP contribution in [0, 0.1) is 0 Å². The van der Waals surface area contributed by atoms with E-state index >= 15 is 0 Å². The number of rotatable bonds is 1. The van der Waals surface area contributed by atoms with Gasteiger partial charge in [0, 0.05) is 16.1 Å². The Morgan fingerprint density at radius 2 is 2.00 bits per heavy atom. The van der Waals surface area contributed by atoms with Crippen molar-refractivity contribution in [2.24, 2.45) is 0 Å². The van der Waals surface area contributed by atoms with Gasteiger partial charge in [0.25, 0.3) is 0 Å². The van der Waals surface area contributed by atoms with Gasteiger partial charge in [0.2, 0.25) is 0 Å². The van der Waals surface area contributed by atoms with Gasteiger partial charge in [0.05, 0.1) is 11.8 Å². The van der Waals surface area contributed by atoms with Crippen molar-refractivity contribution < 1.29 is 13.2 Å². The molecule has 0 bridgehead atoms. The van der Waals surface area contributed by atoms with E-state index in [4.69, 9.17) is 17.3 Å². The number of benzene rings is 1. The maximum atomic E-state index is 12.8. The molecule has 0 aliphatic rings. The zero-order valence-electron chi connectivity index (χ0n) is 8.35. The third kappa shape index (κ3) is 2.08. The predicted molar refractivity (Wildman–Crippen MR) is 58.4 cm³/mol. The van der Waals surface area contributed by atoms with Crippen molar-refractivity contribution >= 4 is 17.4 Å². The Kier molecular flexibility index (Phi) is 2.74. The van der Waals surface area contributed by atoms with E-state index in [0.29, 0.717) is 0 Å². The second-order valence-electron chi connectivity index (χ2n) is 3.36. The number of aromatic amines is 1. The van der Waals surface area contributed by atoms with Gasteiger partial charge >= 0.3 is 6.18 Å². The summed E-state index contributed by atoms with van der Waals surface area (Å²) in [7, 11) is 0. The van der Waals surface area contributed by atoms with Gasteiger partial charge in [0.1, 0.15) is 5.82 Å². The van der Waals surface area contributed by atoms with Gasteiger partial charge in [-0.25, -0.2) is 0 Å². The van der Waals surface area contributed by atoms with Crippen molar-refractivity contribution in [3.63, 3.8) is 0 Å². The normalized spacial score (nSPS) is 11.8. The van der Waals surface area contributed by atoms with Crippen LogP contribution in [0.2, 0.25) is 5.02 Å². The van der Waals surface area contributed by atoms with E-state index in [-0.39, 0.29) is 22.0 Å². The number of halogens is 4. The van der Waals surface area contributed by atoms with E-state index < -0.39 is 11.7 Å². The summed E-state index contributed by atoms with van der Waals surface area (Å²) in [6, 6.07) is 3.57. The molecule has 2 rings (SSSR count). The third-order valence-electron chi connectivity index (χ3n) is 2.26. The Balaban J connectivity index is 2.73. The lowest BCUT2D eigenvalue weighted by Gasteiger charge is -2.13. The van der Waals surface area contributed by atoms with Crippen molar-refractivity contribution in [3.05, 3.63) is 35.0 Å². The first kappa shape index (κ1) is 11.8. The Morgan fingerprint density at radius 1 is 1.29 bits per heavy atom. The highest BCUT2D eigenvalue weighted by Gasteiger charge is 2.35. The fourth-order valence-electron chi connectivity index (χ4n) is 1.53. The first-order valence-corrected chi connectivity index (χ1v) is 4.94. The van der Waals surface area contributed by atoms with Crippen LogP contribution in [0.5, 0.6) is 0 Å². The van der Waals surface area contributed by atoms with Crippen LogP contribution in [0.1, 0.15) is 5.56 Å². The van der Waals surface area contributed by atoms with Crippen LogP contribution in [-0.4, -0.2) is 10.2 Å². The first-order chi connectivity index (χ1) is 7.91. The highest BCUT2D eigenvalue weighted by molar-refractivity contribution is 6.33. The Hall–Kier alpha value is -1.69. The summed E-state index contributed by atoms with van der Waals surface area (Å²) in [5, 5.41) is 5.94. The van der Waals surface area contributed by atoms with Gasteiger partial charge in [-0.2, -0.15) is 18.3 Å². The molecule has 2 aromatic rings. The lowest BCUT2D eigenvalue weighted by molar-refractivity contribution is -0.137. The fraction of sp³-hybridized carbons (Fsp3) is 0.100. The van der Waals surface area contributed by atoms with Crippen molar-refractivity contribution in [2.45, 2.75) is 6.18 Å². The molecule has 7 heteroatoms. The van der Waals surface area contributed by atoms with E-state index in [1.807, 2.05) is 0 Å². The molecular weight excluding hydrogens is 255 g/mol. The molecule has 0 spiro atoms. The summed E-state index contributed by atoms with van der Waals surface area (Å²) >= 11 is 5.80. The fourth-order valence-corrected chi connectivity index (χ4v) is 1.81. The zero-order chi connectivity index (χ0) is 12.6. The number of anilines is 1. The van der Waals surface area contributed by atoms with Crippen LogP contribution >= 0.6 is 11.6 Å². The molecule has 0 fully saturated rings. The molecule has 0 aliphatic heterocycles. The summed E-state index contributed by atoms with van der Waals surface area (Å²) in [6.45, 7) is 0. The first-order valence-electron chi connectivity index (χ1n) is 4.56. The number of nitrogens with two attached hydrogens (primary N) is 1. The molecule has 1 aromatic carbocycles. The standard InChI is InChI=1S/C10H7ClF3N3/c11-7-3-1-2-6(10(12,13)14)8(7)5-4-16-17-9(5)15/h1-4H,(H3,15,16,17). The van der Waals surface area contributed by atoms with Crippen LogP contribution < -0.4 is 5.73 Å². The number of nitrogens with zero attached hydrogens (tertiary/aromatic N) is 1. The van der Waals surface area contributed by atoms with Crippen LogP contribution in [-0.2, 0) is 6.18 Å². The molecule has 1 aromatic heterocycles. The molecule has 1 heterocycles. The topological polar surface area (TPSA) is 54.7 Å². The smallest absolute Gasteiger partial charge is 0.384 e. The van der Waals surface area contributed by atoms with E-state index in [1.165, 1.54) is 18.3 Å². The van der Waals surface area contributed by atoms with E-state index in [2.05, 4.69) is 10.2 Å². The predicted octanol–water partition coefficient (Wildman–Crippen LogP) is 3.33. The zero-order valence-corrected chi connectivity index (χ0v) is 9.10. The number of H-pyrrole nitrogens is 1. The van der Waals surface area contributed by atoms with E-state index in [1.54, 1.807) is 0 Å². The molecular formula is C10H7ClF3N3. The van der Waals surface area contributed by atoms with Gasteiger partial charge in [-0.3, -0.25) is 5.10 Å². The van der Waals surface area contributed by atoms with Crippen molar-refractivity contribution in [2.75, 3.05) is 5.73 Å². The monoisotopic (exact) mass is 261 g/mol. The average Bonchev–Trinajstić information content (AvgIpc) is 2.62. The van der Waals surface area contributed by atoms with Gasteiger partial charge < -0.3 is 5.73 Å². The Labute approximate surface area is 99.4 Å². The van der Waals surface area contributed by atoms with Crippen molar-refractivity contribution in [3.8, 4) is 11.1 Å². The molecule has 3 nitrogen and oxygen atoms in total. The molecule has 0 saturated carbocycles. The lowest BCUT2D eigenvalue weighted by Crippen LogP contribution is -2.07. The molecule has 0 unspecified atom stereocenters. The van der Waals surface area contributed by atoms with Crippen LogP contribution in [0.4, 0.5) is 19.0 Å². The molecule has 0 atom stereocenters. The number of aromatic nitrogens is 2. The summed E-state index contributed by atoms with van der Waals surface area (Å²) in [5.74, 6) is 0.0450. The van der Waals surface area contributed by atoms with Gasteiger partial charge in [-0.05, 0) is 12.1 Å².